The third-order valence-corrected chi connectivity index (χ3v) is 7.56. The maximum atomic E-state index is 6.36. The van der Waals surface area contributed by atoms with Gasteiger partial charge in [-0.2, -0.15) is 10.1 Å². The zero-order valence-electron chi connectivity index (χ0n) is 22.2. The predicted molar refractivity (Wildman–Crippen MR) is 152 cm³/mol. The summed E-state index contributed by atoms with van der Waals surface area (Å²) >= 11 is 0. The molecule has 1 unspecified atom stereocenters. The molecule has 202 valence electrons. The number of anilines is 1. The van der Waals surface area contributed by atoms with E-state index in [9.17, 15) is 0 Å². The normalized spacial score (nSPS) is 17.3. The van der Waals surface area contributed by atoms with Crippen LogP contribution in [0.25, 0.3) is 39.6 Å². The lowest BCUT2D eigenvalue weighted by Crippen LogP contribution is -2.39. The smallest absolute Gasteiger partial charge is 0.252 e. The zero-order valence-corrected chi connectivity index (χ0v) is 22.2. The molecule has 6 heterocycles. The average Bonchev–Trinajstić information content (AvgIpc) is 3.62. The Kier molecular flexibility index (Phi) is 5.73. The molecule has 0 bridgehead atoms. The van der Waals surface area contributed by atoms with Crippen molar-refractivity contribution in [3.63, 3.8) is 0 Å². The SMILES string of the molecule is c1ccc(-c2cnn(-c3nc(C4CN(c5ccncn5)CCO4)c4nc(-c5ccncc5)n(C5CC5)c4n3)c2)cc1. The van der Waals surface area contributed by atoms with E-state index in [1.807, 2.05) is 48.8 Å². The molecule has 5 aromatic heterocycles. The summed E-state index contributed by atoms with van der Waals surface area (Å²) in [4.78, 5) is 30.3. The lowest BCUT2D eigenvalue weighted by atomic mass is 10.1. The van der Waals surface area contributed by atoms with Crippen molar-refractivity contribution in [3.8, 4) is 28.5 Å². The monoisotopic (exact) mass is 542 g/mol. The van der Waals surface area contributed by atoms with Gasteiger partial charge >= 0.3 is 0 Å². The van der Waals surface area contributed by atoms with Crippen molar-refractivity contribution in [1.29, 1.82) is 0 Å². The van der Waals surface area contributed by atoms with Crippen LogP contribution in [0.5, 0.6) is 0 Å². The molecule has 1 aliphatic heterocycles. The van der Waals surface area contributed by atoms with E-state index < -0.39 is 0 Å². The Morgan fingerprint density at radius 2 is 1.68 bits per heavy atom. The van der Waals surface area contributed by atoms with E-state index in [2.05, 4.69) is 41.7 Å². The fraction of sp³-hybridized carbons (Fsp3) is 0.233. The highest BCUT2D eigenvalue weighted by Gasteiger charge is 2.34. The van der Waals surface area contributed by atoms with Crippen LogP contribution in [0, 0.1) is 0 Å². The van der Waals surface area contributed by atoms with Crippen molar-refractivity contribution < 1.29 is 4.74 Å². The highest BCUT2D eigenvalue weighted by atomic mass is 16.5. The first-order valence-corrected chi connectivity index (χ1v) is 13.7. The van der Waals surface area contributed by atoms with Crippen LogP contribution in [0.4, 0.5) is 5.82 Å². The predicted octanol–water partition coefficient (Wildman–Crippen LogP) is 4.44. The third-order valence-electron chi connectivity index (χ3n) is 7.56. The van der Waals surface area contributed by atoms with E-state index in [-0.39, 0.29) is 6.10 Å². The first kappa shape index (κ1) is 23.8. The maximum absolute atomic E-state index is 6.36. The molecular weight excluding hydrogens is 516 g/mol. The first-order chi connectivity index (χ1) is 20.3. The standard InChI is InChI=1S/C30H26N10O/c1-2-4-20(5-3-1)22-16-34-39(17-22)30-36-26(24-18-38(14-15-41-24)25-10-13-32-19-33-25)27-29(37-30)40(23-6-7-23)28(35-27)21-8-11-31-12-9-21/h1-5,8-13,16-17,19,23-24H,6-7,14-15,18H2. The number of hydrogen-bond acceptors (Lipinski definition) is 9. The number of aromatic nitrogens is 9. The molecule has 1 saturated carbocycles. The number of morpholine rings is 1. The molecule has 2 fully saturated rings. The van der Waals surface area contributed by atoms with Gasteiger partial charge in [0.15, 0.2) is 5.65 Å². The minimum absolute atomic E-state index is 0.333. The highest BCUT2D eigenvalue weighted by molar-refractivity contribution is 5.81. The van der Waals surface area contributed by atoms with Gasteiger partial charge in [0, 0.05) is 48.5 Å². The van der Waals surface area contributed by atoms with E-state index in [1.54, 1.807) is 29.6 Å². The molecule has 0 radical (unpaired) electrons. The molecule has 11 nitrogen and oxygen atoms in total. The quantitative estimate of drug-likeness (QED) is 0.301. The molecule has 0 N–H and O–H groups in total. The summed E-state index contributed by atoms with van der Waals surface area (Å²) in [5, 5.41) is 4.66. The number of rotatable bonds is 6. The van der Waals surface area contributed by atoms with Crippen molar-refractivity contribution in [1.82, 2.24) is 44.3 Å². The molecule has 6 aromatic rings. The molecule has 11 heteroatoms. The van der Waals surface area contributed by atoms with Crippen molar-refractivity contribution in [2.45, 2.75) is 25.0 Å². The van der Waals surface area contributed by atoms with Crippen LogP contribution < -0.4 is 4.90 Å². The van der Waals surface area contributed by atoms with Crippen molar-refractivity contribution >= 4 is 17.0 Å². The molecule has 41 heavy (non-hydrogen) atoms. The Bertz CT molecular complexity index is 1820. The molecule has 0 amide bonds. The van der Waals surface area contributed by atoms with E-state index in [0.717, 1.165) is 64.6 Å². The van der Waals surface area contributed by atoms with Gasteiger partial charge in [0.2, 0.25) is 0 Å². The summed E-state index contributed by atoms with van der Waals surface area (Å²) in [6, 6.07) is 16.4. The van der Waals surface area contributed by atoms with Crippen LogP contribution in [0.3, 0.4) is 0 Å². The van der Waals surface area contributed by atoms with Crippen LogP contribution in [-0.2, 0) is 4.74 Å². The molecule has 1 aliphatic carbocycles. The number of fused-ring (bicyclic) bond motifs is 1. The lowest BCUT2D eigenvalue weighted by molar-refractivity contribution is 0.0376. The zero-order chi connectivity index (χ0) is 27.2. The summed E-state index contributed by atoms with van der Waals surface area (Å²) in [5.74, 6) is 2.21. The number of ether oxygens (including phenoxy) is 1. The van der Waals surface area contributed by atoms with Crippen LogP contribution in [0.15, 0.2) is 85.8 Å². The Hall–Kier alpha value is -5.03. The highest BCUT2D eigenvalue weighted by Crippen LogP contribution is 2.42. The minimum Gasteiger partial charge on any atom is -0.368 e. The number of imidazole rings is 1. The molecule has 8 rings (SSSR count). The second-order valence-corrected chi connectivity index (χ2v) is 10.3. The second kappa shape index (κ2) is 9.86. The fourth-order valence-corrected chi connectivity index (χ4v) is 5.40. The molecule has 2 aliphatic rings. The van der Waals surface area contributed by atoms with Crippen LogP contribution in [0.1, 0.15) is 30.7 Å². The number of hydrogen-bond donors (Lipinski definition) is 0. The van der Waals surface area contributed by atoms with E-state index in [1.165, 1.54) is 0 Å². The summed E-state index contributed by atoms with van der Waals surface area (Å²) in [6.45, 7) is 1.85. The minimum atomic E-state index is -0.333. The van der Waals surface area contributed by atoms with Crippen LogP contribution in [0.2, 0.25) is 0 Å². The van der Waals surface area contributed by atoms with E-state index in [4.69, 9.17) is 19.7 Å². The van der Waals surface area contributed by atoms with Crippen LogP contribution in [-0.4, -0.2) is 63.9 Å². The van der Waals surface area contributed by atoms with Crippen LogP contribution >= 0.6 is 0 Å². The maximum Gasteiger partial charge on any atom is 0.252 e. The van der Waals surface area contributed by atoms with Crippen molar-refractivity contribution in [2.24, 2.45) is 0 Å². The first-order valence-electron chi connectivity index (χ1n) is 13.7. The fourth-order valence-electron chi connectivity index (χ4n) is 5.40. The number of benzene rings is 1. The van der Waals surface area contributed by atoms with Crippen molar-refractivity contribution in [2.75, 3.05) is 24.6 Å². The molecule has 0 spiro atoms. The summed E-state index contributed by atoms with van der Waals surface area (Å²) in [5.41, 5.74) is 5.36. The summed E-state index contributed by atoms with van der Waals surface area (Å²) in [6.07, 6.45) is 12.6. The van der Waals surface area contributed by atoms with Gasteiger partial charge in [-0.15, -0.1) is 0 Å². The number of pyridine rings is 1. The van der Waals surface area contributed by atoms with Gasteiger partial charge in [-0.1, -0.05) is 30.3 Å². The van der Waals surface area contributed by atoms with Gasteiger partial charge in [-0.3, -0.25) is 4.98 Å². The molecule has 1 saturated heterocycles. The van der Waals surface area contributed by atoms with Gasteiger partial charge in [-0.25, -0.2) is 24.6 Å². The Morgan fingerprint density at radius 3 is 2.49 bits per heavy atom. The average molecular weight is 543 g/mol. The number of nitrogens with zero attached hydrogens (tertiary/aromatic N) is 10. The second-order valence-electron chi connectivity index (χ2n) is 10.3. The summed E-state index contributed by atoms with van der Waals surface area (Å²) < 4.78 is 10.4. The van der Waals surface area contributed by atoms with Gasteiger partial charge in [0.05, 0.1) is 19.3 Å². The van der Waals surface area contributed by atoms with E-state index in [0.29, 0.717) is 25.1 Å². The largest absolute Gasteiger partial charge is 0.368 e. The molecule has 1 aromatic carbocycles. The summed E-state index contributed by atoms with van der Waals surface area (Å²) in [7, 11) is 0. The van der Waals surface area contributed by atoms with E-state index >= 15 is 0 Å². The molecule has 1 atom stereocenters. The Labute approximate surface area is 235 Å². The van der Waals surface area contributed by atoms with Gasteiger partial charge in [0.25, 0.3) is 5.95 Å². The Morgan fingerprint density at radius 1 is 0.829 bits per heavy atom. The lowest BCUT2D eigenvalue weighted by Gasteiger charge is -2.33. The van der Waals surface area contributed by atoms with Gasteiger partial charge in [-0.05, 0) is 36.6 Å². The van der Waals surface area contributed by atoms with Crippen molar-refractivity contribution in [3.05, 3.63) is 91.5 Å². The topological polar surface area (TPSA) is 113 Å². The molecular formula is C30H26N10O. The third kappa shape index (κ3) is 4.40. The van der Waals surface area contributed by atoms with Gasteiger partial charge in [0.1, 0.15) is 35.3 Å². The Balaban J connectivity index is 1.29. The van der Waals surface area contributed by atoms with Gasteiger partial charge < -0.3 is 14.2 Å².